The maximum absolute atomic E-state index is 13.1. The molecule has 3 rings (SSSR count). The van der Waals surface area contributed by atoms with Crippen molar-refractivity contribution in [1.29, 1.82) is 0 Å². The number of methoxy groups -OCH3 is 1. The van der Waals surface area contributed by atoms with Crippen LogP contribution < -0.4 is 4.90 Å². The van der Waals surface area contributed by atoms with Crippen LogP contribution in [0.5, 0.6) is 5.75 Å². The Bertz CT molecular complexity index is 990. The Balaban J connectivity index is 2.17. The predicted molar refractivity (Wildman–Crippen MR) is 107 cm³/mol. The van der Waals surface area contributed by atoms with Gasteiger partial charge in [-0.15, -0.1) is 0 Å². The lowest BCUT2D eigenvalue weighted by Gasteiger charge is -2.18. The lowest BCUT2D eigenvalue weighted by molar-refractivity contribution is -0.136. The molecular weight excluding hydrogens is 410 g/mol. The van der Waals surface area contributed by atoms with Gasteiger partial charge in [-0.2, -0.15) is 0 Å². The summed E-state index contributed by atoms with van der Waals surface area (Å²) in [5, 5.41) is 10.1. The molecule has 2 aromatic rings. The van der Waals surface area contributed by atoms with Crippen molar-refractivity contribution in [3.8, 4) is 5.75 Å². The number of carbonyl (C=O) groups is 2. The number of aromatic hydroxyl groups is 1. The summed E-state index contributed by atoms with van der Waals surface area (Å²) in [6.07, 6.45) is 1.51. The number of ether oxygens (including phenoxy) is 1. The van der Waals surface area contributed by atoms with Gasteiger partial charge >= 0.3 is 5.97 Å². The molecule has 1 N–H and O–H groups in total. The zero-order valence-electron chi connectivity index (χ0n) is 15.1. The number of halogens is 1. The quantitative estimate of drug-likeness (QED) is 0.584. The van der Waals surface area contributed by atoms with E-state index in [1.807, 2.05) is 31.2 Å². The van der Waals surface area contributed by atoms with Crippen LogP contribution in [0.25, 0.3) is 6.08 Å². The summed E-state index contributed by atoms with van der Waals surface area (Å²) >= 11 is 3.35. The van der Waals surface area contributed by atoms with Crippen molar-refractivity contribution in [3.63, 3.8) is 0 Å². The van der Waals surface area contributed by atoms with E-state index in [1.165, 1.54) is 24.2 Å². The van der Waals surface area contributed by atoms with Gasteiger partial charge in [0, 0.05) is 21.4 Å². The van der Waals surface area contributed by atoms with E-state index in [2.05, 4.69) is 15.9 Å². The van der Waals surface area contributed by atoms with Crippen LogP contribution in [-0.4, -0.2) is 24.1 Å². The first kappa shape index (κ1) is 18.9. The number of anilines is 1. The Morgan fingerprint density at radius 1 is 1.15 bits per heavy atom. The van der Waals surface area contributed by atoms with Crippen LogP contribution in [0, 0.1) is 6.92 Å². The average molecular weight is 428 g/mol. The number of rotatable bonds is 3. The van der Waals surface area contributed by atoms with Crippen molar-refractivity contribution < 1.29 is 19.4 Å². The zero-order chi connectivity index (χ0) is 19.7. The molecule has 0 atom stereocenters. The molecule has 6 heteroatoms. The minimum Gasteiger partial charge on any atom is -0.507 e. The SMILES string of the molecule is COC(=O)C1=C(C)N(c2ccc(C)cc2)C(=O)/C1=C\c1cc(Br)ccc1O. The van der Waals surface area contributed by atoms with Gasteiger partial charge in [0.2, 0.25) is 0 Å². The summed E-state index contributed by atoms with van der Waals surface area (Å²) in [5.74, 6) is -0.943. The molecule has 1 heterocycles. The molecule has 27 heavy (non-hydrogen) atoms. The van der Waals surface area contributed by atoms with E-state index in [0.29, 0.717) is 16.9 Å². The van der Waals surface area contributed by atoms with Gasteiger partial charge < -0.3 is 9.84 Å². The topological polar surface area (TPSA) is 66.8 Å². The van der Waals surface area contributed by atoms with E-state index in [4.69, 9.17) is 4.74 Å². The molecule has 138 valence electrons. The Morgan fingerprint density at radius 2 is 1.81 bits per heavy atom. The van der Waals surface area contributed by atoms with E-state index in [-0.39, 0.29) is 22.8 Å². The van der Waals surface area contributed by atoms with Crippen molar-refractivity contribution in [2.75, 3.05) is 12.0 Å². The first-order valence-corrected chi connectivity index (χ1v) is 9.03. The van der Waals surface area contributed by atoms with Gasteiger partial charge in [0.1, 0.15) is 5.75 Å². The molecule has 0 aliphatic carbocycles. The molecule has 1 aliphatic rings. The highest BCUT2D eigenvalue weighted by molar-refractivity contribution is 9.10. The third kappa shape index (κ3) is 3.53. The van der Waals surface area contributed by atoms with Crippen molar-refractivity contribution >= 4 is 39.6 Å². The van der Waals surface area contributed by atoms with Crippen LogP contribution >= 0.6 is 15.9 Å². The van der Waals surface area contributed by atoms with Gasteiger partial charge in [-0.1, -0.05) is 33.6 Å². The Labute approximate surface area is 165 Å². The molecule has 0 spiro atoms. The third-order valence-corrected chi connectivity index (χ3v) is 4.86. The maximum Gasteiger partial charge on any atom is 0.340 e. The van der Waals surface area contributed by atoms with Crippen LogP contribution in [-0.2, 0) is 14.3 Å². The monoisotopic (exact) mass is 427 g/mol. The van der Waals surface area contributed by atoms with Crippen LogP contribution in [0.1, 0.15) is 18.1 Å². The number of nitrogens with zero attached hydrogens (tertiary/aromatic N) is 1. The molecule has 0 bridgehead atoms. The highest BCUT2D eigenvalue weighted by atomic mass is 79.9. The van der Waals surface area contributed by atoms with Crippen molar-refractivity contribution in [2.45, 2.75) is 13.8 Å². The second-order valence-electron chi connectivity index (χ2n) is 6.19. The fourth-order valence-electron chi connectivity index (χ4n) is 2.98. The third-order valence-electron chi connectivity index (χ3n) is 4.37. The van der Waals surface area contributed by atoms with Crippen LogP contribution in [0.4, 0.5) is 5.69 Å². The number of esters is 1. The molecule has 1 amide bonds. The lowest BCUT2D eigenvalue weighted by atomic mass is 10.0. The summed E-state index contributed by atoms with van der Waals surface area (Å²) in [4.78, 5) is 27.0. The fourth-order valence-corrected chi connectivity index (χ4v) is 3.36. The molecule has 2 aromatic carbocycles. The molecular formula is C21H18BrNO4. The van der Waals surface area contributed by atoms with E-state index < -0.39 is 5.97 Å². The summed E-state index contributed by atoms with van der Waals surface area (Å²) in [5.41, 5.74) is 2.99. The highest BCUT2D eigenvalue weighted by Crippen LogP contribution is 2.36. The van der Waals surface area contributed by atoms with E-state index in [1.54, 1.807) is 19.1 Å². The van der Waals surface area contributed by atoms with Gasteiger partial charge in [-0.3, -0.25) is 9.69 Å². The number of benzene rings is 2. The van der Waals surface area contributed by atoms with E-state index in [9.17, 15) is 14.7 Å². The van der Waals surface area contributed by atoms with Crippen LogP contribution in [0.3, 0.4) is 0 Å². The number of carbonyl (C=O) groups excluding carboxylic acids is 2. The smallest absolute Gasteiger partial charge is 0.340 e. The Hall–Kier alpha value is -2.86. The Morgan fingerprint density at radius 3 is 2.44 bits per heavy atom. The molecule has 1 aliphatic heterocycles. The zero-order valence-corrected chi connectivity index (χ0v) is 16.7. The van der Waals surface area contributed by atoms with Gasteiger partial charge in [0.25, 0.3) is 5.91 Å². The van der Waals surface area contributed by atoms with Crippen molar-refractivity contribution in [1.82, 2.24) is 0 Å². The molecule has 0 aromatic heterocycles. The van der Waals surface area contributed by atoms with E-state index in [0.717, 1.165) is 10.0 Å². The summed E-state index contributed by atoms with van der Waals surface area (Å²) in [7, 11) is 1.27. The minimum atomic E-state index is -0.601. The number of phenolic OH excluding ortho intramolecular Hbond substituents is 1. The van der Waals surface area contributed by atoms with Crippen molar-refractivity contribution in [2.24, 2.45) is 0 Å². The van der Waals surface area contributed by atoms with Crippen molar-refractivity contribution in [3.05, 3.63) is 74.9 Å². The first-order valence-electron chi connectivity index (χ1n) is 8.24. The molecule has 5 nitrogen and oxygen atoms in total. The second-order valence-corrected chi connectivity index (χ2v) is 7.10. The number of allylic oxidation sites excluding steroid dienone is 1. The average Bonchev–Trinajstić information content (AvgIpc) is 2.88. The number of phenols is 1. The molecule has 0 saturated carbocycles. The lowest BCUT2D eigenvalue weighted by Crippen LogP contribution is -2.24. The Kier molecular flexibility index (Phi) is 5.19. The minimum absolute atomic E-state index is 0.00848. The highest BCUT2D eigenvalue weighted by Gasteiger charge is 2.38. The number of aryl methyl sites for hydroxylation is 1. The normalized spacial score (nSPS) is 15.6. The van der Waals surface area contributed by atoms with E-state index >= 15 is 0 Å². The van der Waals surface area contributed by atoms with Gasteiger partial charge in [-0.25, -0.2) is 4.79 Å². The molecule has 0 radical (unpaired) electrons. The number of hydrogen-bond donors (Lipinski definition) is 1. The second kappa shape index (κ2) is 7.40. The van der Waals surface area contributed by atoms with Gasteiger partial charge in [0.05, 0.1) is 18.3 Å². The van der Waals surface area contributed by atoms with Crippen LogP contribution in [0.15, 0.2) is 63.8 Å². The summed E-state index contributed by atoms with van der Waals surface area (Å²) < 4.78 is 5.63. The standard InChI is InChI=1S/C21H18BrNO4/c1-12-4-7-16(8-5-12)23-13(2)19(21(26)27-3)17(20(23)25)11-14-10-15(22)6-9-18(14)24/h4-11,24H,1-3H3/b17-11-. The summed E-state index contributed by atoms with van der Waals surface area (Å²) in [6.45, 7) is 3.66. The predicted octanol–water partition coefficient (Wildman–Crippen LogP) is 4.34. The number of hydrogen-bond acceptors (Lipinski definition) is 4. The maximum atomic E-state index is 13.1. The first-order chi connectivity index (χ1) is 12.8. The van der Waals surface area contributed by atoms with Crippen LogP contribution in [0.2, 0.25) is 0 Å². The van der Waals surface area contributed by atoms with Gasteiger partial charge in [0.15, 0.2) is 0 Å². The molecule has 0 unspecified atom stereocenters. The summed E-state index contributed by atoms with van der Waals surface area (Å²) in [6, 6.07) is 12.3. The largest absolute Gasteiger partial charge is 0.507 e. The number of amides is 1. The fraction of sp³-hybridized carbons (Fsp3) is 0.143. The van der Waals surface area contributed by atoms with Gasteiger partial charge in [-0.05, 0) is 50.3 Å². The molecule has 0 saturated heterocycles. The molecule has 0 fully saturated rings.